The number of nitrogens with zero attached hydrogens (tertiary/aromatic N) is 1. The number of amides is 2. The number of carbonyl (C=O) groups excluding carboxylic acids is 2. The molecule has 1 aromatic carbocycles. The van der Waals surface area contributed by atoms with Gasteiger partial charge >= 0.3 is 6.18 Å². The molecule has 0 spiro atoms. The number of alkyl halides is 3. The lowest BCUT2D eigenvalue weighted by molar-refractivity contribution is -0.184. The average Bonchev–Trinajstić information content (AvgIpc) is 2.75. The Labute approximate surface area is 136 Å². The molecule has 2 amide bonds. The van der Waals surface area contributed by atoms with Gasteiger partial charge in [0.25, 0.3) is 11.8 Å². The van der Waals surface area contributed by atoms with Crippen molar-refractivity contribution in [3.05, 3.63) is 29.3 Å². The number of rotatable bonds is 1. The number of hydrogen-bond acceptors (Lipinski definition) is 3. The predicted octanol–water partition coefficient (Wildman–Crippen LogP) is 2.22. The van der Waals surface area contributed by atoms with Crippen molar-refractivity contribution in [2.45, 2.75) is 19.0 Å². The van der Waals surface area contributed by atoms with Crippen LogP contribution in [0.5, 0.6) is 5.75 Å². The largest absolute Gasteiger partial charge is 0.491 e. The highest BCUT2D eigenvalue weighted by molar-refractivity contribution is 6.00. The fraction of sp³-hybridized carbons (Fsp3) is 0.500. The second kappa shape index (κ2) is 6.33. The third-order valence-corrected chi connectivity index (χ3v) is 4.29. The minimum Gasteiger partial charge on any atom is -0.491 e. The zero-order valence-electron chi connectivity index (χ0n) is 12.9. The van der Waals surface area contributed by atoms with Crippen molar-refractivity contribution in [3.63, 3.8) is 0 Å². The van der Waals surface area contributed by atoms with Gasteiger partial charge in [-0.05, 0) is 31.0 Å². The monoisotopic (exact) mass is 342 g/mol. The van der Waals surface area contributed by atoms with Crippen LogP contribution in [0.25, 0.3) is 0 Å². The van der Waals surface area contributed by atoms with Gasteiger partial charge in [0.1, 0.15) is 12.4 Å². The van der Waals surface area contributed by atoms with Gasteiger partial charge in [0.15, 0.2) is 0 Å². The molecule has 3 rings (SSSR count). The molecule has 24 heavy (non-hydrogen) atoms. The summed E-state index contributed by atoms with van der Waals surface area (Å²) in [6.07, 6.45) is -3.94. The molecule has 8 heteroatoms. The van der Waals surface area contributed by atoms with Gasteiger partial charge in [-0.2, -0.15) is 13.2 Å². The number of ether oxygens (including phenoxy) is 1. The van der Waals surface area contributed by atoms with E-state index >= 15 is 0 Å². The summed E-state index contributed by atoms with van der Waals surface area (Å²) in [7, 11) is 0. The minimum absolute atomic E-state index is 0.0424. The van der Waals surface area contributed by atoms with Crippen molar-refractivity contribution < 1.29 is 27.5 Å². The zero-order valence-corrected chi connectivity index (χ0v) is 12.9. The van der Waals surface area contributed by atoms with Crippen molar-refractivity contribution in [3.8, 4) is 5.75 Å². The van der Waals surface area contributed by atoms with E-state index in [1.165, 1.54) is 23.1 Å². The molecule has 130 valence electrons. The zero-order chi connectivity index (χ0) is 17.3. The van der Waals surface area contributed by atoms with Gasteiger partial charge < -0.3 is 15.0 Å². The average molecular weight is 342 g/mol. The van der Waals surface area contributed by atoms with Gasteiger partial charge in [0.2, 0.25) is 0 Å². The van der Waals surface area contributed by atoms with Crippen molar-refractivity contribution in [2.24, 2.45) is 5.92 Å². The molecular weight excluding hydrogens is 325 g/mol. The molecule has 0 bridgehead atoms. The summed E-state index contributed by atoms with van der Waals surface area (Å²) >= 11 is 0. The van der Waals surface area contributed by atoms with Crippen molar-refractivity contribution >= 4 is 11.8 Å². The third-order valence-electron chi connectivity index (χ3n) is 4.29. The first-order valence-electron chi connectivity index (χ1n) is 7.77. The summed E-state index contributed by atoms with van der Waals surface area (Å²) in [5.41, 5.74) is 0.544. The van der Waals surface area contributed by atoms with Gasteiger partial charge in [-0.15, -0.1) is 0 Å². The number of hydrogen-bond donors (Lipinski definition) is 1. The number of nitrogens with one attached hydrogen (secondary N) is 1. The summed E-state index contributed by atoms with van der Waals surface area (Å²) in [4.78, 5) is 25.6. The molecule has 0 aliphatic carbocycles. The lowest BCUT2D eigenvalue weighted by atomic mass is 9.96. The smallest absolute Gasteiger partial charge is 0.393 e. The SMILES string of the molecule is O=C1NCCOc2cc(C(=O)N3CCCC(C(F)(F)F)C3)ccc21. The van der Waals surface area contributed by atoms with Gasteiger partial charge in [0.05, 0.1) is 18.0 Å². The van der Waals surface area contributed by atoms with E-state index in [1.54, 1.807) is 0 Å². The maximum absolute atomic E-state index is 12.9. The van der Waals surface area contributed by atoms with Gasteiger partial charge in [-0.3, -0.25) is 9.59 Å². The van der Waals surface area contributed by atoms with Crippen molar-refractivity contribution in [1.82, 2.24) is 10.2 Å². The molecule has 1 atom stereocenters. The second-order valence-electron chi connectivity index (χ2n) is 5.95. The summed E-state index contributed by atoms with van der Waals surface area (Å²) in [6, 6.07) is 4.35. The molecule has 2 aliphatic rings. The van der Waals surface area contributed by atoms with Crippen LogP contribution >= 0.6 is 0 Å². The van der Waals surface area contributed by atoms with Crippen LogP contribution in [0.3, 0.4) is 0 Å². The Morgan fingerprint density at radius 1 is 1.33 bits per heavy atom. The van der Waals surface area contributed by atoms with Crippen LogP contribution in [-0.2, 0) is 0 Å². The lowest BCUT2D eigenvalue weighted by Gasteiger charge is -2.33. The molecular formula is C16H17F3N2O3. The van der Waals surface area contributed by atoms with Gasteiger partial charge in [-0.1, -0.05) is 0 Å². The molecule has 1 saturated heterocycles. The van der Waals surface area contributed by atoms with Crippen LogP contribution in [0.15, 0.2) is 18.2 Å². The molecule has 1 aromatic rings. The molecule has 0 saturated carbocycles. The highest BCUT2D eigenvalue weighted by atomic mass is 19.4. The van der Waals surface area contributed by atoms with E-state index < -0.39 is 18.0 Å². The Morgan fingerprint density at radius 3 is 2.88 bits per heavy atom. The summed E-state index contributed by atoms with van der Waals surface area (Å²) in [5.74, 6) is -1.98. The first-order valence-corrected chi connectivity index (χ1v) is 7.77. The highest BCUT2D eigenvalue weighted by Gasteiger charge is 2.42. The van der Waals surface area contributed by atoms with Crippen molar-refractivity contribution in [1.29, 1.82) is 0 Å². The summed E-state index contributed by atoms with van der Waals surface area (Å²) < 4.78 is 44.1. The molecule has 2 heterocycles. The summed E-state index contributed by atoms with van der Waals surface area (Å²) in [5, 5.41) is 2.65. The van der Waals surface area contributed by atoms with E-state index in [0.29, 0.717) is 25.1 Å². The Bertz CT molecular complexity index is 660. The Kier molecular flexibility index (Phi) is 4.38. The number of benzene rings is 1. The topological polar surface area (TPSA) is 58.6 Å². The normalized spacial score (nSPS) is 21.4. The molecule has 1 N–H and O–H groups in total. The van der Waals surface area contributed by atoms with Crippen LogP contribution in [0.2, 0.25) is 0 Å². The standard InChI is InChI=1S/C16H17F3N2O3/c17-16(18,19)11-2-1-6-21(9-11)15(23)10-3-4-12-13(8-10)24-7-5-20-14(12)22/h3-4,8,11H,1-2,5-7,9H2,(H,20,22). The molecule has 0 radical (unpaired) electrons. The molecule has 5 nitrogen and oxygen atoms in total. The maximum Gasteiger partial charge on any atom is 0.393 e. The van der Waals surface area contributed by atoms with Crippen LogP contribution in [0.1, 0.15) is 33.6 Å². The number of halogens is 3. The van der Waals surface area contributed by atoms with E-state index in [0.717, 1.165) is 0 Å². The Hall–Kier alpha value is -2.25. The maximum atomic E-state index is 12.9. The van der Waals surface area contributed by atoms with Crippen LogP contribution in [0, 0.1) is 5.92 Å². The van der Waals surface area contributed by atoms with E-state index in [9.17, 15) is 22.8 Å². The second-order valence-corrected chi connectivity index (χ2v) is 5.95. The van der Waals surface area contributed by atoms with E-state index in [1.807, 2.05) is 0 Å². The fourth-order valence-corrected chi connectivity index (χ4v) is 2.99. The third kappa shape index (κ3) is 3.32. The van der Waals surface area contributed by atoms with E-state index in [-0.39, 0.29) is 36.8 Å². The minimum atomic E-state index is -4.30. The summed E-state index contributed by atoms with van der Waals surface area (Å²) in [6.45, 7) is 0.594. The number of fused-ring (bicyclic) bond motifs is 1. The first-order chi connectivity index (χ1) is 11.4. The quantitative estimate of drug-likeness (QED) is 0.851. The Balaban J connectivity index is 1.80. The fourth-order valence-electron chi connectivity index (χ4n) is 2.99. The van der Waals surface area contributed by atoms with E-state index in [2.05, 4.69) is 5.32 Å². The molecule has 0 aromatic heterocycles. The number of piperidine rings is 1. The number of carbonyl (C=O) groups is 2. The molecule has 2 aliphatic heterocycles. The van der Waals surface area contributed by atoms with E-state index in [4.69, 9.17) is 4.74 Å². The number of likely N-dealkylation sites (tertiary alicyclic amines) is 1. The predicted molar refractivity (Wildman–Crippen MR) is 79.0 cm³/mol. The highest BCUT2D eigenvalue weighted by Crippen LogP contribution is 2.34. The lowest BCUT2D eigenvalue weighted by Crippen LogP contribution is -2.44. The Morgan fingerprint density at radius 2 is 2.12 bits per heavy atom. The molecule has 1 unspecified atom stereocenters. The van der Waals surface area contributed by atoms with Gasteiger partial charge in [0, 0.05) is 18.7 Å². The first kappa shape index (κ1) is 16.6. The molecule has 1 fully saturated rings. The van der Waals surface area contributed by atoms with Crippen LogP contribution < -0.4 is 10.1 Å². The van der Waals surface area contributed by atoms with Crippen LogP contribution in [0.4, 0.5) is 13.2 Å². The van der Waals surface area contributed by atoms with Gasteiger partial charge in [-0.25, -0.2) is 0 Å². The van der Waals surface area contributed by atoms with Crippen LogP contribution in [-0.4, -0.2) is 49.1 Å². The van der Waals surface area contributed by atoms with Crippen molar-refractivity contribution in [2.75, 3.05) is 26.2 Å².